The van der Waals surface area contributed by atoms with Crippen molar-refractivity contribution in [3.63, 3.8) is 0 Å². The quantitative estimate of drug-likeness (QED) is 0.109. The lowest BCUT2D eigenvalue weighted by atomic mass is 10.1. The molecule has 0 saturated carbocycles. The van der Waals surface area contributed by atoms with E-state index >= 15 is 0 Å². The highest BCUT2D eigenvalue weighted by Gasteiger charge is 2.14. The van der Waals surface area contributed by atoms with Crippen molar-refractivity contribution in [2.75, 3.05) is 37.2 Å². The van der Waals surface area contributed by atoms with E-state index in [-0.39, 0.29) is 0 Å². The number of aryl methyl sites for hydroxylation is 2. The van der Waals surface area contributed by atoms with Crippen LogP contribution < -0.4 is 28.7 Å². The Morgan fingerprint density at radius 1 is 0.347 bits per heavy atom. The smallest absolute Gasteiger partial charge is 0.119 e. The maximum atomic E-state index is 6.08. The van der Waals surface area contributed by atoms with E-state index in [1.807, 2.05) is 48.5 Å². The van der Waals surface area contributed by atoms with Crippen molar-refractivity contribution in [1.29, 1.82) is 0 Å². The highest BCUT2D eigenvalue weighted by atomic mass is 16.5. The third-order valence-corrected chi connectivity index (χ3v) is 8.26. The summed E-state index contributed by atoms with van der Waals surface area (Å²) in [5.74, 6) is 3.29. The van der Waals surface area contributed by atoms with Gasteiger partial charge in [-0.1, -0.05) is 35.4 Å². The Morgan fingerprint density at radius 2 is 0.592 bits per heavy atom. The lowest BCUT2D eigenvalue weighted by molar-refractivity contribution is 0.247. The predicted molar refractivity (Wildman–Crippen MR) is 200 cm³/mol. The van der Waals surface area contributed by atoms with Gasteiger partial charge in [0.1, 0.15) is 23.0 Å². The van der Waals surface area contributed by atoms with Crippen molar-refractivity contribution in [3.8, 4) is 23.0 Å². The summed E-state index contributed by atoms with van der Waals surface area (Å²) in [5.41, 5.74) is 8.79. The van der Waals surface area contributed by atoms with Gasteiger partial charge >= 0.3 is 0 Å². The first-order valence-corrected chi connectivity index (χ1v) is 16.5. The zero-order valence-electron chi connectivity index (χ0n) is 28.5. The lowest BCUT2D eigenvalue weighted by Gasteiger charge is -2.26. The van der Waals surface area contributed by atoms with Crippen molar-refractivity contribution in [3.05, 3.63) is 157 Å². The van der Waals surface area contributed by atoms with Gasteiger partial charge in [-0.2, -0.15) is 0 Å². The molecular formula is C43H42N2O4. The van der Waals surface area contributed by atoms with Crippen molar-refractivity contribution in [1.82, 2.24) is 0 Å². The predicted octanol–water partition coefficient (Wildman–Crippen LogP) is 11.1. The Hall–Kier alpha value is -5.88. The van der Waals surface area contributed by atoms with Crippen LogP contribution in [0.3, 0.4) is 0 Å². The molecule has 0 spiro atoms. The Labute approximate surface area is 289 Å². The molecule has 0 fully saturated rings. The average molecular weight is 651 g/mol. The van der Waals surface area contributed by atoms with Gasteiger partial charge in [0.2, 0.25) is 0 Å². The molecule has 0 aliphatic carbocycles. The summed E-state index contributed by atoms with van der Waals surface area (Å²) in [6.45, 7) is 5.30. The second kappa shape index (κ2) is 15.8. The third-order valence-electron chi connectivity index (χ3n) is 8.26. The fourth-order valence-corrected chi connectivity index (χ4v) is 5.57. The van der Waals surface area contributed by atoms with E-state index in [4.69, 9.17) is 18.9 Å². The first-order valence-electron chi connectivity index (χ1n) is 16.5. The standard InChI is InChI=1S/C43H42N2O4/c1-32-6-10-34(11-7-32)44(36-14-22-40(46-3)23-15-36)38-18-26-42(27-19-38)48-30-5-31-49-43-28-20-39(21-29-43)45(35-12-8-33(2)9-13-35)37-16-24-41(47-4)25-17-37/h6-29H,5,30-31H2,1-4H3. The molecular weight excluding hydrogens is 608 g/mol. The molecule has 6 rings (SSSR count). The molecule has 0 N–H and O–H groups in total. The average Bonchev–Trinajstić information content (AvgIpc) is 3.15. The SMILES string of the molecule is COc1ccc(N(c2ccc(C)cc2)c2ccc(OCCCOc3ccc(N(c4ccc(C)cc4)c4ccc(OC)cc4)cc3)cc2)cc1. The number of hydrogen-bond donors (Lipinski definition) is 0. The van der Waals surface area contributed by atoms with E-state index in [1.165, 1.54) is 11.1 Å². The first-order chi connectivity index (χ1) is 24.0. The van der Waals surface area contributed by atoms with Gasteiger partial charge in [-0.3, -0.25) is 0 Å². The normalized spacial score (nSPS) is 10.7. The van der Waals surface area contributed by atoms with Crippen molar-refractivity contribution >= 4 is 34.1 Å². The van der Waals surface area contributed by atoms with Gasteiger partial charge < -0.3 is 28.7 Å². The van der Waals surface area contributed by atoms with Crippen LogP contribution in [-0.4, -0.2) is 27.4 Å². The topological polar surface area (TPSA) is 43.4 Å². The molecule has 0 amide bonds. The van der Waals surface area contributed by atoms with Crippen LogP contribution in [0.2, 0.25) is 0 Å². The van der Waals surface area contributed by atoms with Gasteiger partial charge in [0, 0.05) is 40.5 Å². The summed E-state index contributed by atoms with van der Waals surface area (Å²) in [7, 11) is 3.36. The van der Waals surface area contributed by atoms with Gasteiger partial charge in [-0.25, -0.2) is 0 Å². The fraction of sp³-hybridized carbons (Fsp3) is 0.163. The minimum atomic E-state index is 0.552. The van der Waals surface area contributed by atoms with Crippen LogP contribution in [0.4, 0.5) is 34.1 Å². The summed E-state index contributed by atoms with van der Waals surface area (Å²) in [4.78, 5) is 4.44. The Balaban J connectivity index is 1.05. The zero-order chi connectivity index (χ0) is 34.0. The number of methoxy groups -OCH3 is 2. The molecule has 0 unspecified atom stereocenters. The maximum absolute atomic E-state index is 6.08. The number of hydrogen-bond acceptors (Lipinski definition) is 6. The number of ether oxygens (including phenoxy) is 4. The molecule has 0 aliphatic rings. The van der Waals surface area contributed by atoms with Gasteiger partial charge in [-0.15, -0.1) is 0 Å². The van der Waals surface area contributed by atoms with Crippen molar-refractivity contribution in [2.45, 2.75) is 20.3 Å². The second-order valence-electron chi connectivity index (χ2n) is 11.8. The van der Waals surface area contributed by atoms with Crippen LogP contribution in [0.5, 0.6) is 23.0 Å². The number of benzene rings is 6. The highest BCUT2D eigenvalue weighted by Crippen LogP contribution is 2.37. The molecule has 0 bridgehead atoms. The summed E-state index contributed by atoms with van der Waals surface area (Å²) >= 11 is 0. The molecule has 248 valence electrons. The molecule has 6 heteroatoms. The second-order valence-corrected chi connectivity index (χ2v) is 11.8. The molecule has 0 saturated heterocycles. The van der Waals surface area contributed by atoms with Gasteiger partial charge in [0.05, 0.1) is 27.4 Å². The van der Waals surface area contributed by atoms with Crippen molar-refractivity contribution in [2.24, 2.45) is 0 Å². The molecule has 6 aromatic rings. The van der Waals surface area contributed by atoms with Gasteiger partial charge in [0.25, 0.3) is 0 Å². The Kier molecular flexibility index (Phi) is 10.7. The largest absolute Gasteiger partial charge is 0.497 e. The summed E-state index contributed by atoms with van der Waals surface area (Å²) in [5, 5.41) is 0. The van der Waals surface area contributed by atoms with Crippen LogP contribution in [0.25, 0.3) is 0 Å². The van der Waals surface area contributed by atoms with E-state index in [1.54, 1.807) is 14.2 Å². The fourth-order valence-electron chi connectivity index (χ4n) is 5.57. The van der Waals surface area contributed by atoms with Crippen molar-refractivity contribution < 1.29 is 18.9 Å². The van der Waals surface area contributed by atoms with Crippen LogP contribution in [0.1, 0.15) is 17.5 Å². The van der Waals surface area contributed by atoms with Gasteiger partial charge in [0.15, 0.2) is 0 Å². The summed E-state index contributed by atoms with van der Waals surface area (Å²) in [6, 6.07) is 49.7. The maximum Gasteiger partial charge on any atom is 0.119 e. The van der Waals surface area contributed by atoms with E-state index < -0.39 is 0 Å². The lowest BCUT2D eigenvalue weighted by Crippen LogP contribution is -2.10. The zero-order valence-corrected chi connectivity index (χ0v) is 28.5. The number of nitrogens with zero attached hydrogens (tertiary/aromatic N) is 2. The molecule has 6 aromatic carbocycles. The van der Waals surface area contributed by atoms with E-state index in [9.17, 15) is 0 Å². The minimum absolute atomic E-state index is 0.552. The Bertz CT molecular complexity index is 1750. The van der Waals surface area contributed by atoms with Crippen LogP contribution in [0.15, 0.2) is 146 Å². The van der Waals surface area contributed by atoms with Crippen LogP contribution in [-0.2, 0) is 0 Å². The van der Waals surface area contributed by atoms with Crippen LogP contribution in [0, 0.1) is 13.8 Å². The van der Waals surface area contributed by atoms with Gasteiger partial charge in [-0.05, 0) is 135 Å². The molecule has 0 aliphatic heterocycles. The van der Waals surface area contributed by atoms with E-state index in [0.29, 0.717) is 13.2 Å². The summed E-state index contributed by atoms with van der Waals surface area (Å²) < 4.78 is 22.9. The Morgan fingerprint density at radius 3 is 0.857 bits per heavy atom. The number of rotatable bonds is 14. The van der Waals surface area contributed by atoms with E-state index in [2.05, 4.69) is 121 Å². The molecule has 0 heterocycles. The van der Waals surface area contributed by atoms with E-state index in [0.717, 1.165) is 63.5 Å². The molecule has 0 radical (unpaired) electrons. The molecule has 0 atom stereocenters. The molecule has 49 heavy (non-hydrogen) atoms. The summed E-state index contributed by atoms with van der Waals surface area (Å²) in [6.07, 6.45) is 0.756. The number of anilines is 6. The third kappa shape index (κ3) is 8.35. The van der Waals surface area contributed by atoms with Crippen LogP contribution >= 0.6 is 0 Å². The molecule has 6 nitrogen and oxygen atoms in total. The first kappa shape index (κ1) is 33.0. The minimum Gasteiger partial charge on any atom is -0.497 e. The monoisotopic (exact) mass is 650 g/mol. The molecule has 0 aromatic heterocycles. The highest BCUT2D eigenvalue weighted by molar-refractivity contribution is 5.78.